The monoisotopic (exact) mass is 297 g/mol. The van der Waals surface area contributed by atoms with Crippen molar-refractivity contribution in [3.05, 3.63) is 29.8 Å². The van der Waals surface area contributed by atoms with Crippen LogP contribution in [0, 0.1) is 0 Å². The van der Waals surface area contributed by atoms with Crippen LogP contribution in [0.5, 0.6) is 0 Å². The van der Waals surface area contributed by atoms with Gasteiger partial charge in [0.2, 0.25) is 10.0 Å². The van der Waals surface area contributed by atoms with Gasteiger partial charge in [0.15, 0.2) is 0 Å². The molecule has 0 unspecified atom stereocenters. The fourth-order valence-electron chi connectivity index (χ4n) is 1.37. The van der Waals surface area contributed by atoms with Gasteiger partial charge < -0.3 is 5.11 Å². The smallest absolute Gasteiger partial charge is 0.389 e. The van der Waals surface area contributed by atoms with E-state index in [-0.39, 0.29) is 12.3 Å². The van der Waals surface area contributed by atoms with E-state index in [1.165, 1.54) is 24.3 Å². The summed E-state index contributed by atoms with van der Waals surface area (Å²) in [6.07, 6.45) is -5.96. The molecule has 0 saturated heterocycles. The van der Waals surface area contributed by atoms with E-state index in [2.05, 4.69) is 4.72 Å². The summed E-state index contributed by atoms with van der Waals surface area (Å²) in [4.78, 5) is 0. The molecule has 0 spiro atoms. The Balaban J connectivity index is 2.54. The Morgan fingerprint density at radius 2 is 1.74 bits per heavy atom. The van der Waals surface area contributed by atoms with Crippen molar-refractivity contribution in [2.45, 2.75) is 25.6 Å². The highest BCUT2D eigenvalue weighted by Crippen LogP contribution is 2.22. The largest absolute Gasteiger partial charge is 0.392 e. The Bertz CT molecular complexity index is 497. The predicted molar refractivity (Wildman–Crippen MR) is 65.1 cm³/mol. The van der Waals surface area contributed by atoms with Gasteiger partial charge in [-0.05, 0) is 24.1 Å². The summed E-state index contributed by atoms with van der Waals surface area (Å²) in [6, 6.07) is 5.92. The van der Waals surface area contributed by atoms with Crippen molar-refractivity contribution in [1.29, 1.82) is 0 Å². The van der Waals surface area contributed by atoms with Gasteiger partial charge in [-0.25, -0.2) is 8.42 Å². The van der Waals surface area contributed by atoms with Gasteiger partial charge in [0.1, 0.15) is 0 Å². The van der Waals surface area contributed by atoms with E-state index in [0.717, 1.165) is 0 Å². The summed E-state index contributed by atoms with van der Waals surface area (Å²) < 4.78 is 60.9. The van der Waals surface area contributed by atoms with Gasteiger partial charge in [-0.15, -0.1) is 0 Å². The van der Waals surface area contributed by atoms with Crippen LogP contribution < -0.4 is 4.72 Å². The standard InChI is InChI=1S/C11H14F3NO3S/c12-11(13,14)6-1-7-19(17,18)15-10-4-2-9(8-16)3-5-10/h2-5,15-16H,1,6-8H2. The average molecular weight is 297 g/mol. The summed E-state index contributed by atoms with van der Waals surface area (Å²) in [5.41, 5.74) is 0.865. The molecule has 2 N–H and O–H groups in total. The highest BCUT2D eigenvalue weighted by atomic mass is 32.2. The minimum atomic E-state index is -4.35. The lowest BCUT2D eigenvalue weighted by Gasteiger charge is -2.09. The SMILES string of the molecule is O=S(=O)(CCCC(F)(F)F)Nc1ccc(CO)cc1. The molecule has 0 radical (unpaired) electrons. The number of halogens is 3. The minimum Gasteiger partial charge on any atom is -0.392 e. The molecule has 0 atom stereocenters. The second kappa shape index (κ2) is 6.25. The highest BCUT2D eigenvalue weighted by molar-refractivity contribution is 7.92. The van der Waals surface area contributed by atoms with Crippen LogP contribution in [0.1, 0.15) is 18.4 Å². The first-order valence-electron chi connectivity index (χ1n) is 5.49. The van der Waals surface area contributed by atoms with E-state index in [4.69, 9.17) is 5.11 Å². The summed E-state index contributed by atoms with van der Waals surface area (Å²) in [6.45, 7) is -0.168. The number of alkyl halides is 3. The number of aliphatic hydroxyl groups excluding tert-OH is 1. The van der Waals surface area contributed by atoms with Crippen molar-refractivity contribution >= 4 is 15.7 Å². The van der Waals surface area contributed by atoms with Gasteiger partial charge in [-0.3, -0.25) is 4.72 Å². The lowest BCUT2D eigenvalue weighted by molar-refractivity contribution is -0.134. The summed E-state index contributed by atoms with van der Waals surface area (Å²) >= 11 is 0. The van der Waals surface area contributed by atoms with E-state index >= 15 is 0 Å². The normalized spacial score (nSPS) is 12.4. The number of anilines is 1. The molecule has 0 aliphatic rings. The summed E-state index contributed by atoms with van der Waals surface area (Å²) in [7, 11) is -3.79. The van der Waals surface area contributed by atoms with E-state index < -0.39 is 34.8 Å². The van der Waals surface area contributed by atoms with Gasteiger partial charge in [-0.2, -0.15) is 13.2 Å². The number of aliphatic hydroxyl groups is 1. The Morgan fingerprint density at radius 1 is 1.16 bits per heavy atom. The molecular weight excluding hydrogens is 283 g/mol. The van der Waals surface area contributed by atoms with Crippen molar-refractivity contribution in [1.82, 2.24) is 0 Å². The summed E-state index contributed by atoms with van der Waals surface area (Å²) in [5, 5.41) is 8.81. The molecule has 0 heterocycles. The third kappa shape index (κ3) is 6.44. The maximum Gasteiger partial charge on any atom is 0.389 e. The highest BCUT2D eigenvalue weighted by Gasteiger charge is 2.27. The Kier molecular flexibility index (Phi) is 5.19. The molecule has 0 aliphatic heterocycles. The van der Waals surface area contributed by atoms with Crippen LogP contribution in [0.4, 0.5) is 18.9 Å². The van der Waals surface area contributed by atoms with Gasteiger partial charge in [-0.1, -0.05) is 12.1 Å². The molecule has 8 heteroatoms. The van der Waals surface area contributed by atoms with Crippen LogP contribution in [0.15, 0.2) is 24.3 Å². The van der Waals surface area contributed by atoms with Gasteiger partial charge >= 0.3 is 6.18 Å². The molecule has 1 rings (SSSR count). The minimum absolute atomic E-state index is 0.168. The molecule has 4 nitrogen and oxygen atoms in total. The summed E-state index contributed by atoms with van der Waals surface area (Å²) in [5.74, 6) is -0.589. The molecule has 19 heavy (non-hydrogen) atoms. The van der Waals surface area contributed by atoms with E-state index in [1.54, 1.807) is 0 Å². The number of hydrogen-bond acceptors (Lipinski definition) is 3. The molecule has 1 aromatic carbocycles. The van der Waals surface area contributed by atoms with Crippen LogP contribution in [-0.2, 0) is 16.6 Å². The van der Waals surface area contributed by atoms with Crippen LogP contribution in [0.2, 0.25) is 0 Å². The van der Waals surface area contributed by atoms with Crippen molar-refractivity contribution < 1.29 is 26.7 Å². The van der Waals surface area contributed by atoms with E-state index in [1.807, 2.05) is 0 Å². The van der Waals surface area contributed by atoms with Gasteiger partial charge in [0.25, 0.3) is 0 Å². The molecule has 0 amide bonds. The molecule has 0 aliphatic carbocycles. The van der Waals surface area contributed by atoms with Crippen LogP contribution in [0.3, 0.4) is 0 Å². The molecule has 0 aromatic heterocycles. The molecular formula is C11H14F3NO3S. The quantitative estimate of drug-likeness (QED) is 0.846. The van der Waals surface area contributed by atoms with Crippen LogP contribution >= 0.6 is 0 Å². The number of rotatable bonds is 6. The molecule has 0 fully saturated rings. The van der Waals surface area contributed by atoms with Gasteiger partial charge in [0.05, 0.1) is 12.4 Å². The molecule has 108 valence electrons. The Hall–Kier alpha value is -1.28. The second-order valence-electron chi connectivity index (χ2n) is 3.99. The molecule has 0 saturated carbocycles. The fraction of sp³-hybridized carbons (Fsp3) is 0.455. The third-order valence-corrected chi connectivity index (χ3v) is 3.66. The first-order chi connectivity index (χ1) is 8.72. The topological polar surface area (TPSA) is 66.4 Å². The Labute approximate surface area is 109 Å². The second-order valence-corrected chi connectivity index (χ2v) is 5.84. The van der Waals surface area contributed by atoms with Gasteiger partial charge in [0, 0.05) is 12.1 Å². The van der Waals surface area contributed by atoms with E-state index in [0.29, 0.717) is 5.56 Å². The van der Waals surface area contributed by atoms with Crippen LogP contribution in [-0.4, -0.2) is 25.5 Å². The molecule has 0 bridgehead atoms. The van der Waals surface area contributed by atoms with E-state index in [9.17, 15) is 21.6 Å². The first kappa shape index (κ1) is 15.8. The maximum atomic E-state index is 11.9. The number of benzene rings is 1. The van der Waals surface area contributed by atoms with Crippen molar-refractivity contribution in [3.63, 3.8) is 0 Å². The zero-order valence-corrected chi connectivity index (χ0v) is 10.8. The zero-order valence-electron chi connectivity index (χ0n) is 9.94. The number of nitrogens with one attached hydrogen (secondary N) is 1. The fourth-order valence-corrected chi connectivity index (χ4v) is 2.49. The first-order valence-corrected chi connectivity index (χ1v) is 7.14. The predicted octanol–water partition coefficient (Wildman–Crippen LogP) is 2.26. The van der Waals surface area contributed by atoms with Crippen molar-refractivity contribution in [2.24, 2.45) is 0 Å². The zero-order chi connectivity index (χ0) is 14.5. The maximum absolute atomic E-state index is 11.9. The Morgan fingerprint density at radius 3 is 2.21 bits per heavy atom. The van der Waals surface area contributed by atoms with Crippen molar-refractivity contribution in [3.8, 4) is 0 Å². The third-order valence-electron chi connectivity index (χ3n) is 2.28. The average Bonchev–Trinajstić information content (AvgIpc) is 2.27. The number of hydrogen-bond donors (Lipinski definition) is 2. The lowest BCUT2D eigenvalue weighted by Crippen LogP contribution is -2.18. The van der Waals surface area contributed by atoms with Crippen molar-refractivity contribution in [2.75, 3.05) is 10.5 Å². The lowest BCUT2D eigenvalue weighted by atomic mass is 10.2. The van der Waals surface area contributed by atoms with Crippen LogP contribution in [0.25, 0.3) is 0 Å². The number of sulfonamides is 1. The molecule has 1 aromatic rings.